The maximum Gasteiger partial charge on any atom is 0.262 e. The Bertz CT molecular complexity index is 1570. The molecule has 0 unspecified atom stereocenters. The van der Waals surface area contributed by atoms with Gasteiger partial charge in [0.2, 0.25) is 5.90 Å². The Kier molecular flexibility index (Phi) is 7.35. The van der Waals surface area contributed by atoms with Crippen LogP contribution in [0.15, 0.2) is 114 Å². The van der Waals surface area contributed by atoms with Gasteiger partial charge in [-0.15, -0.1) is 0 Å². The predicted molar refractivity (Wildman–Crippen MR) is 155 cm³/mol. The quantitative estimate of drug-likeness (QED) is 0.257. The van der Waals surface area contributed by atoms with Gasteiger partial charge in [-0.2, -0.15) is 0 Å². The average molecular weight is 547 g/mol. The van der Waals surface area contributed by atoms with E-state index in [-0.39, 0.29) is 25.5 Å². The number of aliphatic hydroxyl groups excluding tert-OH is 1. The molecule has 0 aliphatic carbocycles. The van der Waals surface area contributed by atoms with Crippen LogP contribution in [0, 0.1) is 0 Å². The zero-order chi connectivity index (χ0) is 28.2. The van der Waals surface area contributed by atoms with E-state index in [1.54, 1.807) is 24.3 Å². The van der Waals surface area contributed by atoms with Crippen molar-refractivity contribution in [3.05, 3.63) is 137 Å². The Morgan fingerprint density at radius 3 is 2.27 bits per heavy atom. The van der Waals surface area contributed by atoms with Crippen LogP contribution in [0.3, 0.4) is 0 Å². The molecule has 0 radical (unpaired) electrons. The Labute approximate surface area is 238 Å². The lowest BCUT2D eigenvalue weighted by atomic mass is 9.82. The molecule has 1 N–H and O–H groups in total. The minimum Gasteiger partial charge on any atom is -0.494 e. The van der Waals surface area contributed by atoms with E-state index in [4.69, 9.17) is 19.6 Å². The maximum absolute atomic E-state index is 14.7. The average Bonchev–Trinajstić information content (AvgIpc) is 3.36. The highest BCUT2D eigenvalue weighted by Gasteiger charge is 2.57. The summed E-state index contributed by atoms with van der Waals surface area (Å²) in [6.45, 7) is 0.620. The highest BCUT2D eigenvalue weighted by Crippen LogP contribution is 2.45. The van der Waals surface area contributed by atoms with Crippen molar-refractivity contribution in [1.29, 1.82) is 0 Å². The molecule has 4 aromatic carbocycles. The van der Waals surface area contributed by atoms with Gasteiger partial charge in [0.15, 0.2) is 11.6 Å². The fourth-order valence-electron chi connectivity index (χ4n) is 5.45. The van der Waals surface area contributed by atoms with Gasteiger partial charge < -0.3 is 14.6 Å². The van der Waals surface area contributed by atoms with Gasteiger partial charge in [-0.1, -0.05) is 72.8 Å². The third kappa shape index (κ3) is 5.12. The fourth-order valence-corrected chi connectivity index (χ4v) is 5.45. The first-order chi connectivity index (χ1) is 20.1. The van der Waals surface area contributed by atoms with E-state index in [2.05, 4.69) is 0 Å². The minimum atomic E-state index is -1.40. The summed E-state index contributed by atoms with van der Waals surface area (Å²) in [4.78, 5) is 34.9. The van der Waals surface area contributed by atoms with E-state index < -0.39 is 17.6 Å². The molecule has 2 heterocycles. The molecular weight excluding hydrogens is 516 g/mol. The predicted octanol–water partition coefficient (Wildman–Crippen LogP) is 5.13. The van der Waals surface area contributed by atoms with Gasteiger partial charge in [0.25, 0.3) is 11.8 Å². The zero-order valence-electron chi connectivity index (χ0n) is 22.5. The topological polar surface area (TPSA) is 88.4 Å². The summed E-state index contributed by atoms with van der Waals surface area (Å²) >= 11 is 0. The van der Waals surface area contributed by atoms with Crippen LogP contribution in [0.2, 0.25) is 0 Å². The molecule has 2 amide bonds. The third-order valence-corrected chi connectivity index (χ3v) is 7.53. The Hall–Kier alpha value is -4.75. The van der Waals surface area contributed by atoms with Crippen LogP contribution in [0.25, 0.3) is 0 Å². The lowest BCUT2D eigenvalue weighted by molar-refractivity contribution is -0.137. The summed E-state index contributed by atoms with van der Waals surface area (Å²) in [5.74, 6) is 0.233. The van der Waals surface area contributed by atoms with Gasteiger partial charge in [0.05, 0.1) is 13.2 Å². The van der Waals surface area contributed by atoms with Gasteiger partial charge in [0.1, 0.15) is 5.75 Å². The first kappa shape index (κ1) is 26.5. The van der Waals surface area contributed by atoms with Crippen molar-refractivity contribution in [1.82, 2.24) is 4.90 Å². The molecule has 2 aliphatic rings. The molecule has 6 rings (SSSR count). The van der Waals surface area contributed by atoms with Crippen molar-refractivity contribution in [2.45, 2.75) is 31.0 Å². The van der Waals surface area contributed by atoms with Crippen LogP contribution < -0.4 is 4.74 Å². The van der Waals surface area contributed by atoms with Crippen molar-refractivity contribution in [2.75, 3.05) is 13.2 Å². The summed E-state index contributed by atoms with van der Waals surface area (Å²) in [5.41, 5.74) is 2.39. The molecule has 1 spiro atoms. The van der Waals surface area contributed by atoms with Crippen LogP contribution in [0.5, 0.6) is 5.75 Å². The first-order valence-electron chi connectivity index (χ1n) is 13.7. The molecule has 206 valence electrons. The van der Waals surface area contributed by atoms with Crippen molar-refractivity contribution < 1.29 is 24.2 Å². The number of nitrogens with zero attached hydrogens (tertiary/aromatic N) is 2. The second-order valence-electron chi connectivity index (χ2n) is 10.2. The molecule has 4 aromatic rings. The zero-order valence-corrected chi connectivity index (χ0v) is 22.5. The monoisotopic (exact) mass is 546 g/mol. The molecule has 0 fully saturated rings. The molecule has 41 heavy (non-hydrogen) atoms. The van der Waals surface area contributed by atoms with Gasteiger partial charge >= 0.3 is 0 Å². The normalized spacial score (nSPS) is 19.7. The number of aliphatic imine (C=N–C) groups is 1. The highest BCUT2D eigenvalue weighted by molar-refractivity contribution is 6.10. The van der Waals surface area contributed by atoms with E-state index in [9.17, 15) is 9.59 Å². The van der Waals surface area contributed by atoms with Crippen molar-refractivity contribution in [3.8, 4) is 5.75 Å². The van der Waals surface area contributed by atoms with Gasteiger partial charge in [-0.3, -0.25) is 14.5 Å². The highest BCUT2D eigenvalue weighted by atomic mass is 16.5. The number of ether oxygens (including phenoxy) is 2. The maximum atomic E-state index is 14.7. The van der Waals surface area contributed by atoms with Crippen LogP contribution in [0.1, 0.15) is 45.1 Å². The smallest absolute Gasteiger partial charge is 0.262 e. The molecule has 0 saturated heterocycles. The largest absolute Gasteiger partial charge is 0.494 e. The number of benzene rings is 4. The number of hydrogen-bond acceptors (Lipinski definition) is 6. The van der Waals surface area contributed by atoms with E-state index in [1.165, 1.54) is 4.90 Å². The van der Waals surface area contributed by atoms with Crippen molar-refractivity contribution in [2.24, 2.45) is 4.99 Å². The number of fused-ring (bicyclic) bond motifs is 1. The van der Waals surface area contributed by atoms with Crippen LogP contribution in [-0.4, -0.2) is 46.5 Å². The number of carbonyl (C=O) groups is 2. The summed E-state index contributed by atoms with van der Waals surface area (Å²) in [6, 6.07) is 33.6. The molecule has 2 atom stereocenters. The van der Waals surface area contributed by atoms with Crippen LogP contribution in [0.4, 0.5) is 0 Å². The summed E-state index contributed by atoms with van der Waals surface area (Å²) < 4.78 is 12.2. The lowest BCUT2D eigenvalue weighted by Gasteiger charge is -2.32. The Morgan fingerprint density at radius 2 is 1.56 bits per heavy atom. The summed E-state index contributed by atoms with van der Waals surface area (Å²) in [7, 11) is 0. The SMILES string of the molecule is O=C(c1ccccc1)N1Cc2ccccc2C[C@@]2(N=C(c3ccc(OCCCO)cc3)O[C@H]2c2ccccc2)C1=O. The van der Waals surface area contributed by atoms with Gasteiger partial charge in [-0.05, 0) is 53.1 Å². The summed E-state index contributed by atoms with van der Waals surface area (Å²) in [6.07, 6.45) is 0.0796. The number of imide groups is 1. The van der Waals surface area contributed by atoms with E-state index in [1.807, 2.05) is 84.9 Å². The molecule has 0 saturated carbocycles. The third-order valence-electron chi connectivity index (χ3n) is 7.53. The standard InChI is InChI=1S/C34H30N2O5/c37-20-9-21-40-29-18-16-25(17-19-29)31-35-34(30(41-31)24-10-3-1-4-11-24)22-27-14-7-8-15-28(27)23-36(33(34)39)32(38)26-12-5-2-6-13-26/h1-8,10-19,30,37H,9,20-23H2/t30-,34-/m0/s1. The molecule has 7 nitrogen and oxygen atoms in total. The molecule has 0 bridgehead atoms. The molecule has 7 heteroatoms. The van der Waals surface area contributed by atoms with Crippen molar-refractivity contribution in [3.63, 3.8) is 0 Å². The fraction of sp³-hybridized carbons (Fsp3) is 0.206. The van der Waals surface area contributed by atoms with Crippen molar-refractivity contribution >= 4 is 17.7 Å². The number of rotatable bonds is 7. The first-order valence-corrected chi connectivity index (χ1v) is 13.7. The second kappa shape index (κ2) is 11.4. The van der Waals surface area contributed by atoms with E-state index in [0.29, 0.717) is 35.8 Å². The molecule has 2 aliphatic heterocycles. The number of amides is 2. The number of aliphatic hydroxyl groups is 1. The van der Waals surface area contributed by atoms with Crippen LogP contribution >= 0.6 is 0 Å². The van der Waals surface area contributed by atoms with E-state index in [0.717, 1.165) is 16.7 Å². The second-order valence-corrected chi connectivity index (χ2v) is 10.2. The lowest BCUT2D eigenvalue weighted by Crippen LogP contribution is -2.51. The van der Waals surface area contributed by atoms with Gasteiger partial charge in [0, 0.05) is 30.6 Å². The van der Waals surface area contributed by atoms with Crippen LogP contribution in [-0.2, 0) is 22.5 Å². The summed E-state index contributed by atoms with van der Waals surface area (Å²) in [5, 5.41) is 9.03. The van der Waals surface area contributed by atoms with Gasteiger partial charge in [-0.25, -0.2) is 4.99 Å². The Balaban J connectivity index is 1.46. The Morgan fingerprint density at radius 1 is 0.902 bits per heavy atom. The molecule has 0 aromatic heterocycles. The van der Waals surface area contributed by atoms with E-state index >= 15 is 0 Å². The number of hydrogen-bond donors (Lipinski definition) is 1. The molecular formula is C34H30N2O5. The minimum absolute atomic E-state index is 0.0621. The number of carbonyl (C=O) groups excluding carboxylic acids is 2.